The molecule has 1 aromatic carbocycles. The number of nitrogens with zero attached hydrogens (tertiary/aromatic N) is 3. The Morgan fingerprint density at radius 2 is 2.29 bits per heavy atom. The van der Waals surface area contributed by atoms with E-state index in [0.717, 1.165) is 40.9 Å². The number of carbonyl (C=O) groups excluding carboxylic acids is 1. The third kappa shape index (κ3) is 2.80. The first kappa shape index (κ1) is 15.3. The molecule has 3 heterocycles. The molecule has 1 aliphatic heterocycles. The summed E-state index contributed by atoms with van der Waals surface area (Å²) in [5.74, 6) is 0.195. The Hall–Kier alpha value is -2.27. The third-order valence-corrected chi connectivity index (χ3v) is 4.91. The Morgan fingerprint density at radius 1 is 1.42 bits per heavy atom. The number of nitrogens with one attached hydrogen (secondary N) is 1. The SMILES string of the molecule is Cn1cc(CCC(=O)N2CCc3[nH]c4ccc(Cl)cc4c3C2)cn1. The van der Waals surface area contributed by atoms with Crippen LogP contribution in [-0.2, 0) is 31.2 Å². The summed E-state index contributed by atoms with van der Waals surface area (Å²) in [6.07, 6.45) is 5.90. The molecule has 124 valence electrons. The van der Waals surface area contributed by atoms with Gasteiger partial charge in [-0.05, 0) is 30.2 Å². The summed E-state index contributed by atoms with van der Waals surface area (Å²) in [6.45, 7) is 1.42. The predicted octanol–water partition coefficient (Wildman–Crippen LogP) is 3.07. The molecule has 1 aliphatic rings. The molecule has 0 saturated heterocycles. The number of hydrogen-bond donors (Lipinski definition) is 1. The molecule has 0 fully saturated rings. The molecule has 5 nitrogen and oxygen atoms in total. The van der Waals surface area contributed by atoms with E-state index in [1.165, 1.54) is 11.3 Å². The highest BCUT2D eigenvalue weighted by molar-refractivity contribution is 6.31. The number of halogens is 1. The molecule has 6 heteroatoms. The zero-order valence-electron chi connectivity index (χ0n) is 13.6. The first-order valence-electron chi connectivity index (χ1n) is 8.14. The number of aromatic amines is 1. The number of benzene rings is 1. The van der Waals surface area contributed by atoms with Crippen molar-refractivity contribution in [2.45, 2.75) is 25.8 Å². The lowest BCUT2D eigenvalue weighted by atomic mass is 10.0. The maximum absolute atomic E-state index is 12.6. The molecule has 3 aromatic rings. The van der Waals surface area contributed by atoms with Crippen LogP contribution >= 0.6 is 11.6 Å². The minimum atomic E-state index is 0.195. The minimum absolute atomic E-state index is 0.195. The fraction of sp³-hybridized carbons (Fsp3) is 0.333. The summed E-state index contributed by atoms with van der Waals surface area (Å²) in [4.78, 5) is 18.0. The van der Waals surface area contributed by atoms with Crippen LogP contribution in [0.4, 0.5) is 0 Å². The Kier molecular flexibility index (Phi) is 3.81. The highest BCUT2D eigenvalue weighted by Gasteiger charge is 2.23. The van der Waals surface area contributed by atoms with Crippen LogP contribution in [0.1, 0.15) is 23.2 Å². The van der Waals surface area contributed by atoms with E-state index in [9.17, 15) is 4.79 Å². The van der Waals surface area contributed by atoms with Crippen LogP contribution in [0.25, 0.3) is 10.9 Å². The first-order valence-corrected chi connectivity index (χ1v) is 8.52. The molecule has 0 aliphatic carbocycles. The van der Waals surface area contributed by atoms with Crippen molar-refractivity contribution < 1.29 is 4.79 Å². The molecule has 0 unspecified atom stereocenters. The summed E-state index contributed by atoms with van der Waals surface area (Å²) in [7, 11) is 1.89. The van der Waals surface area contributed by atoms with Crippen LogP contribution in [0, 0.1) is 0 Å². The molecule has 1 amide bonds. The number of fused-ring (bicyclic) bond motifs is 3. The van der Waals surface area contributed by atoms with E-state index < -0.39 is 0 Å². The van der Waals surface area contributed by atoms with Crippen molar-refractivity contribution >= 4 is 28.4 Å². The van der Waals surface area contributed by atoms with Gasteiger partial charge in [0.2, 0.25) is 5.91 Å². The standard InChI is InChI=1S/C18H19ClN4O/c1-22-10-12(9-20-22)2-5-18(24)23-7-6-17-15(11-23)14-8-13(19)3-4-16(14)21-17/h3-4,8-10,21H,2,5-7,11H2,1H3. The minimum Gasteiger partial charge on any atom is -0.358 e. The van der Waals surface area contributed by atoms with E-state index in [-0.39, 0.29) is 5.91 Å². The highest BCUT2D eigenvalue weighted by atomic mass is 35.5. The predicted molar refractivity (Wildman–Crippen MR) is 94.0 cm³/mol. The fourth-order valence-electron chi connectivity index (χ4n) is 3.41. The van der Waals surface area contributed by atoms with Gasteiger partial charge in [-0.15, -0.1) is 0 Å². The van der Waals surface area contributed by atoms with E-state index in [4.69, 9.17) is 11.6 Å². The Labute approximate surface area is 145 Å². The number of aromatic nitrogens is 3. The molecule has 24 heavy (non-hydrogen) atoms. The lowest BCUT2D eigenvalue weighted by Gasteiger charge is -2.27. The van der Waals surface area contributed by atoms with Crippen molar-refractivity contribution in [1.29, 1.82) is 0 Å². The Balaban J connectivity index is 1.49. The molecular formula is C18H19ClN4O. The van der Waals surface area contributed by atoms with Gasteiger partial charge in [-0.2, -0.15) is 5.10 Å². The summed E-state index contributed by atoms with van der Waals surface area (Å²) in [6, 6.07) is 5.88. The van der Waals surface area contributed by atoms with Gasteiger partial charge in [0.05, 0.1) is 6.20 Å². The van der Waals surface area contributed by atoms with Crippen molar-refractivity contribution in [2.24, 2.45) is 7.05 Å². The Morgan fingerprint density at radius 3 is 3.08 bits per heavy atom. The molecule has 0 spiro atoms. The lowest BCUT2D eigenvalue weighted by molar-refractivity contribution is -0.132. The summed E-state index contributed by atoms with van der Waals surface area (Å²) >= 11 is 6.13. The molecule has 0 bridgehead atoms. The Bertz CT molecular complexity index is 911. The third-order valence-electron chi connectivity index (χ3n) is 4.68. The van der Waals surface area contributed by atoms with Crippen molar-refractivity contribution in [3.8, 4) is 0 Å². The second-order valence-electron chi connectivity index (χ2n) is 6.36. The van der Waals surface area contributed by atoms with E-state index in [1.54, 1.807) is 4.68 Å². The number of hydrogen-bond acceptors (Lipinski definition) is 2. The van der Waals surface area contributed by atoms with Crippen LogP contribution < -0.4 is 0 Å². The maximum atomic E-state index is 12.6. The van der Waals surface area contributed by atoms with Crippen LogP contribution in [-0.4, -0.2) is 32.1 Å². The smallest absolute Gasteiger partial charge is 0.223 e. The average molecular weight is 343 g/mol. The van der Waals surface area contributed by atoms with Gasteiger partial charge in [-0.3, -0.25) is 9.48 Å². The average Bonchev–Trinajstić information content (AvgIpc) is 3.15. The maximum Gasteiger partial charge on any atom is 0.223 e. The van der Waals surface area contributed by atoms with Gasteiger partial charge in [0.15, 0.2) is 0 Å². The van der Waals surface area contributed by atoms with Gasteiger partial charge in [0, 0.05) is 66.4 Å². The first-order chi connectivity index (χ1) is 11.6. The largest absolute Gasteiger partial charge is 0.358 e. The van der Waals surface area contributed by atoms with Crippen molar-refractivity contribution in [2.75, 3.05) is 6.54 Å². The summed E-state index contributed by atoms with van der Waals surface area (Å²) < 4.78 is 1.77. The van der Waals surface area contributed by atoms with Crippen molar-refractivity contribution in [3.63, 3.8) is 0 Å². The number of rotatable bonds is 3. The van der Waals surface area contributed by atoms with E-state index in [1.807, 2.05) is 42.5 Å². The van der Waals surface area contributed by atoms with Gasteiger partial charge >= 0.3 is 0 Å². The molecule has 1 N–H and O–H groups in total. The number of amides is 1. The van der Waals surface area contributed by atoms with E-state index in [0.29, 0.717) is 13.0 Å². The molecule has 4 rings (SSSR count). The second kappa shape index (κ2) is 5.98. The number of H-pyrrole nitrogens is 1. The van der Waals surface area contributed by atoms with Crippen LogP contribution in [0.15, 0.2) is 30.6 Å². The molecule has 0 saturated carbocycles. The monoisotopic (exact) mass is 342 g/mol. The quantitative estimate of drug-likeness (QED) is 0.795. The van der Waals surface area contributed by atoms with E-state index in [2.05, 4.69) is 10.1 Å². The van der Waals surface area contributed by atoms with Gasteiger partial charge in [-0.25, -0.2) is 0 Å². The molecule has 2 aromatic heterocycles. The van der Waals surface area contributed by atoms with Crippen molar-refractivity contribution in [1.82, 2.24) is 19.7 Å². The van der Waals surface area contributed by atoms with Crippen LogP contribution in [0.2, 0.25) is 5.02 Å². The zero-order chi connectivity index (χ0) is 16.7. The molecule has 0 radical (unpaired) electrons. The number of aryl methyl sites for hydroxylation is 2. The van der Waals surface area contributed by atoms with Gasteiger partial charge in [-0.1, -0.05) is 11.6 Å². The fourth-order valence-corrected chi connectivity index (χ4v) is 3.58. The van der Waals surface area contributed by atoms with E-state index >= 15 is 0 Å². The topological polar surface area (TPSA) is 53.9 Å². The van der Waals surface area contributed by atoms with Gasteiger partial charge in [0.25, 0.3) is 0 Å². The second-order valence-corrected chi connectivity index (χ2v) is 6.80. The lowest BCUT2D eigenvalue weighted by Crippen LogP contribution is -2.35. The summed E-state index contributed by atoms with van der Waals surface area (Å²) in [5, 5.41) is 6.00. The summed E-state index contributed by atoms with van der Waals surface area (Å²) in [5.41, 5.74) is 4.62. The van der Waals surface area contributed by atoms with Crippen LogP contribution in [0.3, 0.4) is 0 Å². The van der Waals surface area contributed by atoms with Crippen molar-refractivity contribution in [3.05, 3.63) is 52.4 Å². The highest BCUT2D eigenvalue weighted by Crippen LogP contribution is 2.30. The van der Waals surface area contributed by atoms with Crippen LogP contribution in [0.5, 0.6) is 0 Å². The normalized spacial score (nSPS) is 14.2. The zero-order valence-corrected chi connectivity index (χ0v) is 14.3. The number of carbonyl (C=O) groups is 1. The molecule has 0 atom stereocenters. The molecular weight excluding hydrogens is 324 g/mol. The van der Waals surface area contributed by atoms with Gasteiger partial charge < -0.3 is 9.88 Å². The van der Waals surface area contributed by atoms with Gasteiger partial charge in [0.1, 0.15) is 0 Å².